The molecule has 27 heavy (non-hydrogen) atoms. The van der Waals surface area contributed by atoms with Gasteiger partial charge in [-0.05, 0) is 52.1 Å². The highest BCUT2D eigenvalue weighted by molar-refractivity contribution is 5.67. The largest absolute Gasteiger partial charge is 0.497 e. The molecular weight excluding hydrogens is 346 g/mol. The van der Waals surface area contributed by atoms with Gasteiger partial charge in [0.05, 0.1) is 7.11 Å². The number of methoxy groups -OCH3 is 1. The fourth-order valence-corrected chi connectivity index (χ4v) is 3.00. The van der Waals surface area contributed by atoms with E-state index in [1.807, 2.05) is 45.0 Å². The first-order valence-corrected chi connectivity index (χ1v) is 9.43. The topological polar surface area (TPSA) is 63.3 Å². The molecule has 7 heteroatoms. The number of benzene rings is 1. The smallest absolute Gasteiger partial charge is 0.407 e. The van der Waals surface area contributed by atoms with Gasteiger partial charge < -0.3 is 24.4 Å². The summed E-state index contributed by atoms with van der Waals surface area (Å²) in [4.78, 5) is 16.6. The lowest BCUT2D eigenvalue weighted by Crippen LogP contribution is -2.57. The Morgan fingerprint density at radius 3 is 2.48 bits per heavy atom. The molecule has 0 bridgehead atoms. The number of nitrogens with zero attached hydrogens (tertiary/aromatic N) is 2. The van der Waals surface area contributed by atoms with Gasteiger partial charge in [-0.2, -0.15) is 0 Å². The van der Waals surface area contributed by atoms with Crippen molar-refractivity contribution in [2.24, 2.45) is 0 Å². The second-order valence-electron chi connectivity index (χ2n) is 7.86. The average Bonchev–Trinajstić information content (AvgIpc) is 2.60. The molecule has 1 aromatic carbocycles. The molecule has 1 fully saturated rings. The van der Waals surface area contributed by atoms with Crippen LogP contribution in [0.1, 0.15) is 20.8 Å². The zero-order valence-electron chi connectivity index (χ0n) is 17.2. The van der Waals surface area contributed by atoms with E-state index in [-0.39, 0.29) is 12.1 Å². The summed E-state index contributed by atoms with van der Waals surface area (Å²) in [7, 11) is 3.75. The van der Waals surface area contributed by atoms with E-state index in [1.165, 1.54) is 0 Å². The minimum atomic E-state index is -0.487. The Labute approximate surface area is 162 Å². The van der Waals surface area contributed by atoms with Crippen molar-refractivity contribution < 1.29 is 19.0 Å². The predicted octanol–water partition coefficient (Wildman–Crippen LogP) is 2.21. The van der Waals surface area contributed by atoms with Gasteiger partial charge in [-0.15, -0.1) is 0 Å². The van der Waals surface area contributed by atoms with E-state index in [1.54, 1.807) is 7.11 Å². The fraction of sp³-hybridized carbons (Fsp3) is 0.650. The molecule has 0 aliphatic carbocycles. The van der Waals surface area contributed by atoms with E-state index in [2.05, 4.69) is 22.2 Å². The van der Waals surface area contributed by atoms with E-state index >= 15 is 0 Å². The summed E-state index contributed by atoms with van der Waals surface area (Å²) < 4.78 is 16.3. The van der Waals surface area contributed by atoms with Crippen molar-refractivity contribution in [1.82, 2.24) is 15.1 Å². The fourth-order valence-electron chi connectivity index (χ4n) is 3.00. The molecule has 2 rings (SSSR count). The van der Waals surface area contributed by atoms with Crippen molar-refractivity contribution in [3.8, 4) is 11.5 Å². The summed E-state index contributed by atoms with van der Waals surface area (Å²) >= 11 is 0. The Balaban J connectivity index is 1.80. The van der Waals surface area contributed by atoms with Crippen LogP contribution in [0.25, 0.3) is 0 Å². The molecule has 0 radical (unpaired) electrons. The van der Waals surface area contributed by atoms with Crippen LogP contribution in [-0.4, -0.2) is 81.0 Å². The minimum Gasteiger partial charge on any atom is -0.497 e. The highest BCUT2D eigenvalue weighted by Gasteiger charge is 2.26. The monoisotopic (exact) mass is 379 g/mol. The molecule has 7 nitrogen and oxygen atoms in total. The summed E-state index contributed by atoms with van der Waals surface area (Å²) in [6, 6.07) is 7.82. The maximum atomic E-state index is 11.9. The molecule has 1 saturated heterocycles. The van der Waals surface area contributed by atoms with Gasteiger partial charge in [-0.1, -0.05) is 0 Å². The van der Waals surface area contributed by atoms with Gasteiger partial charge in [0.15, 0.2) is 0 Å². The summed E-state index contributed by atoms with van der Waals surface area (Å²) in [6.45, 7) is 10.4. The van der Waals surface area contributed by atoms with Crippen LogP contribution in [0.2, 0.25) is 0 Å². The third-order valence-electron chi connectivity index (χ3n) is 4.40. The maximum absolute atomic E-state index is 11.9. The van der Waals surface area contributed by atoms with Crippen molar-refractivity contribution in [2.75, 3.05) is 53.5 Å². The van der Waals surface area contributed by atoms with Crippen LogP contribution in [0.4, 0.5) is 4.79 Å². The molecule has 1 heterocycles. The molecule has 1 atom stereocenters. The minimum absolute atomic E-state index is 0.232. The number of carbonyl (C=O) groups is 1. The summed E-state index contributed by atoms with van der Waals surface area (Å²) in [6.07, 6.45) is -0.370. The van der Waals surface area contributed by atoms with E-state index in [0.717, 1.165) is 37.7 Å². The Bertz CT molecular complexity index is 586. The van der Waals surface area contributed by atoms with E-state index in [9.17, 15) is 4.79 Å². The van der Waals surface area contributed by atoms with E-state index in [4.69, 9.17) is 14.2 Å². The van der Waals surface area contributed by atoms with Crippen molar-refractivity contribution in [3.63, 3.8) is 0 Å². The van der Waals surface area contributed by atoms with Gasteiger partial charge in [0.1, 0.15) is 23.7 Å². The molecule has 0 aromatic heterocycles. The first-order valence-electron chi connectivity index (χ1n) is 9.43. The number of carbonyl (C=O) groups excluding carboxylic acids is 1. The number of nitrogens with one attached hydrogen (secondary N) is 1. The summed E-state index contributed by atoms with van der Waals surface area (Å²) in [5.41, 5.74) is -0.487. The van der Waals surface area contributed by atoms with Crippen molar-refractivity contribution in [1.29, 1.82) is 0 Å². The molecule has 0 saturated carbocycles. The first kappa shape index (κ1) is 21.3. The Kier molecular flexibility index (Phi) is 7.74. The van der Waals surface area contributed by atoms with E-state index < -0.39 is 5.60 Å². The molecule has 0 spiro atoms. The van der Waals surface area contributed by atoms with Gasteiger partial charge in [-0.25, -0.2) is 4.79 Å². The summed E-state index contributed by atoms with van der Waals surface area (Å²) in [5.74, 6) is 1.64. The zero-order valence-corrected chi connectivity index (χ0v) is 17.2. The van der Waals surface area contributed by atoms with Crippen molar-refractivity contribution in [2.45, 2.75) is 32.4 Å². The second-order valence-corrected chi connectivity index (χ2v) is 7.86. The number of rotatable bonds is 7. The van der Waals surface area contributed by atoms with Crippen LogP contribution in [-0.2, 0) is 4.74 Å². The standard InChI is InChI=1S/C20H33N3O4/c1-20(2,3)27-19(24)21-14-16-15-22(4)10-11-23(16)12-13-26-18-8-6-17(25-5)7-9-18/h6-9,16H,10-15H2,1-5H3,(H,21,24)/t16-/m0/s1. The molecule has 1 amide bonds. The SMILES string of the molecule is COc1ccc(OCCN2CCN(C)C[C@@H]2CNC(=O)OC(C)(C)C)cc1. The van der Waals surface area contributed by atoms with Gasteiger partial charge in [0.25, 0.3) is 0 Å². The van der Waals surface area contributed by atoms with Gasteiger partial charge in [0.2, 0.25) is 0 Å². The van der Waals surface area contributed by atoms with Crippen LogP contribution in [0, 0.1) is 0 Å². The Hall–Kier alpha value is -1.99. The third kappa shape index (κ3) is 7.64. The molecule has 0 unspecified atom stereocenters. The molecular formula is C20H33N3O4. The predicted molar refractivity (Wildman–Crippen MR) is 106 cm³/mol. The number of ether oxygens (including phenoxy) is 3. The van der Waals surface area contributed by atoms with Crippen LogP contribution in [0.15, 0.2) is 24.3 Å². The molecule has 152 valence electrons. The van der Waals surface area contributed by atoms with Crippen LogP contribution >= 0.6 is 0 Å². The number of alkyl carbamates (subject to hydrolysis) is 1. The number of hydrogen-bond donors (Lipinski definition) is 1. The maximum Gasteiger partial charge on any atom is 0.407 e. The quantitative estimate of drug-likeness (QED) is 0.784. The Morgan fingerprint density at radius 1 is 1.19 bits per heavy atom. The average molecular weight is 380 g/mol. The number of amides is 1. The van der Waals surface area contributed by atoms with Crippen LogP contribution in [0.5, 0.6) is 11.5 Å². The van der Waals surface area contributed by atoms with Gasteiger partial charge in [-0.3, -0.25) is 4.90 Å². The first-order chi connectivity index (χ1) is 12.8. The number of likely N-dealkylation sites (N-methyl/N-ethyl adjacent to an activating group) is 1. The zero-order chi connectivity index (χ0) is 19.9. The highest BCUT2D eigenvalue weighted by Crippen LogP contribution is 2.17. The van der Waals surface area contributed by atoms with Crippen molar-refractivity contribution >= 4 is 6.09 Å². The lowest BCUT2D eigenvalue weighted by atomic mass is 10.1. The lowest BCUT2D eigenvalue weighted by Gasteiger charge is -2.40. The number of hydrogen-bond acceptors (Lipinski definition) is 6. The molecule has 1 aliphatic heterocycles. The normalized spacial score (nSPS) is 18.8. The van der Waals surface area contributed by atoms with Gasteiger partial charge >= 0.3 is 6.09 Å². The third-order valence-corrected chi connectivity index (χ3v) is 4.40. The lowest BCUT2D eigenvalue weighted by molar-refractivity contribution is 0.0446. The highest BCUT2D eigenvalue weighted by atomic mass is 16.6. The Morgan fingerprint density at radius 2 is 1.85 bits per heavy atom. The van der Waals surface area contributed by atoms with Crippen molar-refractivity contribution in [3.05, 3.63) is 24.3 Å². The van der Waals surface area contributed by atoms with E-state index in [0.29, 0.717) is 13.2 Å². The summed E-state index contributed by atoms with van der Waals surface area (Å²) in [5, 5.41) is 2.90. The molecule has 1 aliphatic rings. The van der Waals surface area contributed by atoms with Crippen LogP contribution < -0.4 is 14.8 Å². The number of piperazine rings is 1. The molecule has 1 aromatic rings. The molecule has 1 N–H and O–H groups in total. The van der Waals surface area contributed by atoms with Gasteiger partial charge in [0, 0.05) is 38.8 Å². The second kappa shape index (κ2) is 9.80. The van der Waals surface area contributed by atoms with Crippen LogP contribution in [0.3, 0.4) is 0 Å².